The lowest BCUT2D eigenvalue weighted by Gasteiger charge is -2.09. The highest BCUT2D eigenvalue weighted by molar-refractivity contribution is 5.89. The van der Waals surface area contributed by atoms with Crippen LogP contribution in [0.25, 0.3) is 10.9 Å². The van der Waals surface area contributed by atoms with Crippen molar-refractivity contribution >= 4 is 10.9 Å². The van der Waals surface area contributed by atoms with Crippen LogP contribution in [0.5, 0.6) is 11.5 Å². The molecule has 3 rings (SSSR count). The summed E-state index contributed by atoms with van der Waals surface area (Å²) in [5, 5.41) is 5.72. The highest BCUT2D eigenvalue weighted by Crippen LogP contribution is 2.44. The number of fused-ring (bicyclic) bond motifs is 3. The van der Waals surface area contributed by atoms with Gasteiger partial charge in [-0.25, -0.2) is 0 Å². The molecule has 0 fully saturated rings. The normalized spacial score (nSPS) is 14.1. The fourth-order valence-electron chi connectivity index (χ4n) is 2.28. The summed E-state index contributed by atoms with van der Waals surface area (Å²) < 4.78 is 13.2. The van der Waals surface area contributed by atoms with Gasteiger partial charge in [0.2, 0.25) is 6.79 Å². The van der Waals surface area contributed by atoms with Crippen molar-refractivity contribution in [2.24, 2.45) is 0 Å². The first-order valence-electron chi connectivity index (χ1n) is 6.39. The summed E-state index contributed by atoms with van der Waals surface area (Å²) >= 11 is 0. The van der Waals surface area contributed by atoms with Crippen molar-refractivity contribution in [1.29, 1.82) is 0 Å². The molecule has 0 N–H and O–H groups in total. The van der Waals surface area contributed by atoms with Crippen LogP contribution < -0.4 is 9.47 Å². The summed E-state index contributed by atoms with van der Waals surface area (Å²) in [6, 6.07) is 2.51. The smallest absolute Gasteiger partial charge is 0.231 e. The molecule has 1 aromatic heterocycles. The Balaban J connectivity index is 2.29. The Kier molecular flexibility index (Phi) is 2.47. The fourth-order valence-corrected chi connectivity index (χ4v) is 2.28. The number of hydrogen-bond donors (Lipinski definition) is 0. The second kappa shape index (κ2) is 3.90. The Morgan fingerprint density at radius 2 is 1.89 bits per heavy atom. The summed E-state index contributed by atoms with van der Waals surface area (Å²) in [5.41, 5.74) is 2.10. The summed E-state index contributed by atoms with van der Waals surface area (Å²) in [5.74, 6) is 2.08. The molecule has 1 aliphatic rings. The molecule has 0 bridgehead atoms. The quantitative estimate of drug-likeness (QED) is 0.814. The van der Waals surface area contributed by atoms with Crippen LogP contribution in [-0.2, 0) is 0 Å². The van der Waals surface area contributed by atoms with Crippen LogP contribution in [0.2, 0.25) is 0 Å². The maximum absolute atomic E-state index is 5.60. The summed E-state index contributed by atoms with van der Waals surface area (Å²) in [6.45, 7) is 8.86. The van der Waals surface area contributed by atoms with E-state index in [2.05, 4.69) is 45.1 Å². The molecule has 4 nitrogen and oxygen atoms in total. The van der Waals surface area contributed by atoms with Crippen LogP contribution >= 0.6 is 0 Å². The van der Waals surface area contributed by atoms with Crippen molar-refractivity contribution in [3.05, 3.63) is 17.8 Å². The van der Waals surface area contributed by atoms with Crippen LogP contribution in [-0.4, -0.2) is 16.6 Å². The van der Waals surface area contributed by atoms with Crippen LogP contribution in [0, 0.1) is 0 Å². The third-order valence-corrected chi connectivity index (χ3v) is 3.31. The van der Waals surface area contributed by atoms with Gasteiger partial charge in [0.05, 0.1) is 0 Å². The molecule has 0 aliphatic carbocycles. The van der Waals surface area contributed by atoms with Crippen LogP contribution in [0.1, 0.15) is 45.2 Å². The van der Waals surface area contributed by atoms with Crippen molar-refractivity contribution in [2.45, 2.75) is 39.7 Å². The van der Waals surface area contributed by atoms with E-state index in [4.69, 9.17) is 9.47 Å². The van der Waals surface area contributed by atoms with Crippen LogP contribution in [0.15, 0.2) is 12.3 Å². The summed E-state index contributed by atoms with van der Waals surface area (Å²) in [4.78, 5) is 0. The standard InChI is InChI=1S/C14H18N2O2/c1-8(2)11-5-10-6-16(9(3)4)15-12(10)14-13(11)17-7-18-14/h5-6,8-9H,7H2,1-4H3. The Morgan fingerprint density at radius 1 is 1.17 bits per heavy atom. The van der Waals surface area contributed by atoms with E-state index in [9.17, 15) is 0 Å². The predicted molar refractivity (Wildman–Crippen MR) is 70.3 cm³/mol. The van der Waals surface area contributed by atoms with Crippen molar-refractivity contribution in [1.82, 2.24) is 9.78 Å². The lowest BCUT2D eigenvalue weighted by atomic mass is 10.00. The highest BCUT2D eigenvalue weighted by atomic mass is 16.7. The second-order valence-electron chi connectivity index (χ2n) is 5.33. The van der Waals surface area contributed by atoms with Gasteiger partial charge in [0.25, 0.3) is 0 Å². The van der Waals surface area contributed by atoms with E-state index < -0.39 is 0 Å². The van der Waals surface area contributed by atoms with E-state index >= 15 is 0 Å². The van der Waals surface area contributed by atoms with Crippen LogP contribution in [0.3, 0.4) is 0 Å². The van der Waals surface area contributed by atoms with E-state index in [1.54, 1.807) is 0 Å². The number of benzene rings is 1. The number of ether oxygens (including phenoxy) is 2. The van der Waals surface area contributed by atoms with Crippen molar-refractivity contribution in [3.8, 4) is 11.5 Å². The minimum atomic E-state index is 0.294. The molecule has 0 spiro atoms. The first-order chi connectivity index (χ1) is 8.58. The van der Waals surface area contributed by atoms with Gasteiger partial charge in [-0.15, -0.1) is 0 Å². The van der Waals surface area contributed by atoms with Gasteiger partial charge in [0.15, 0.2) is 11.5 Å². The lowest BCUT2D eigenvalue weighted by molar-refractivity contribution is 0.173. The zero-order valence-electron chi connectivity index (χ0n) is 11.2. The summed E-state index contributed by atoms with van der Waals surface area (Å²) in [6.07, 6.45) is 2.08. The van der Waals surface area contributed by atoms with E-state index in [1.807, 2.05) is 4.68 Å². The van der Waals surface area contributed by atoms with E-state index in [0.29, 0.717) is 18.8 Å². The van der Waals surface area contributed by atoms with Gasteiger partial charge in [-0.3, -0.25) is 4.68 Å². The van der Waals surface area contributed by atoms with E-state index in [0.717, 1.165) is 22.4 Å². The zero-order valence-corrected chi connectivity index (χ0v) is 11.2. The molecule has 0 radical (unpaired) electrons. The zero-order chi connectivity index (χ0) is 12.9. The number of aromatic nitrogens is 2. The van der Waals surface area contributed by atoms with Gasteiger partial charge in [0, 0.05) is 23.2 Å². The van der Waals surface area contributed by atoms with Crippen molar-refractivity contribution in [3.63, 3.8) is 0 Å². The Morgan fingerprint density at radius 3 is 2.56 bits per heavy atom. The monoisotopic (exact) mass is 246 g/mol. The first kappa shape index (κ1) is 11.4. The van der Waals surface area contributed by atoms with E-state index in [-0.39, 0.29) is 0 Å². The minimum Gasteiger partial charge on any atom is -0.453 e. The largest absolute Gasteiger partial charge is 0.453 e. The SMILES string of the molecule is CC(C)c1cc2cn(C(C)C)nc2c2c1OCO2. The second-order valence-corrected chi connectivity index (χ2v) is 5.33. The molecule has 0 unspecified atom stereocenters. The predicted octanol–water partition coefficient (Wildman–Crippen LogP) is 3.47. The molecule has 18 heavy (non-hydrogen) atoms. The number of hydrogen-bond acceptors (Lipinski definition) is 3. The van der Waals surface area contributed by atoms with Gasteiger partial charge in [0.1, 0.15) is 5.52 Å². The first-order valence-corrected chi connectivity index (χ1v) is 6.39. The van der Waals surface area contributed by atoms with Gasteiger partial charge in [-0.2, -0.15) is 5.10 Å². The van der Waals surface area contributed by atoms with Crippen molar-refractivity contribution in [2.75, 3.05) is 6.79 Å². The molecule has 96 valence electrons. The van der Waals surface area contributed by atoms with Crippen molar-refractivity contribution < 1.29 is 9.47 Å². The van der Waals surface area contributed by atoms with Gasteiger partial charge in [-0.05, 0) is 25.8 Å². The topological polar surface area (TPSA) is 36.3 Å². The van der Waals surface area contributed by atoms with Gasteiger partial charge in [-0.1, -0.05) is 13.8 Å². The van der Waals surface area contributed by atoms with Gasteiger partial charge < -0.3 is 9.47 Å². The molecule has 2 heterocycles. The maximum Gasteiger partial charge on any atom is 0.231 e. The van der Waals surface area contributed by atoms with Gasteiger partial charge >= 0.3 is 0 Å². The fraction of sp³-hybridized carbons (Fsp3) is 0.500. The molecule has 1 aromatic carbocycles. The molecule has 4 heteroatoms. The molecular weight excluding hydrogens is 228 g/mol. The molecule has 1 aliphatic heterocycles. The Bertz CT molecular complexity index is 599. The molecule has 0 saturated heterocycles. The Labute approximate surface area is 106 Å². The minimum absolute atomic E-state index is 0.294. The summed E-state index contributed by atoms with van der Waals surface area (Å²) in [7, 11) is 0. The molecule has 0 saturated carbocycles. The number of rotatable bonds is 2. The molecule has 0 atom stereocenters. The highest BCUT2D eigenvalue weighted by Gasteiger charge is 2.25. The third-order valence-electron chi connectivity index (χ3n) is 3.31. The maximum atomic E-state index is 5.60. The Hall–Kier alpha value is -1.71. The molecular formula is C14H18N2O2. The third kappa shape index (κ3) is 1.55. The van der Waals surface area contributed by atoms with Crippen LogP contribution in [0.4, 0.5) is 0 Å². The number of nitrogens with zero attached hydrogens (tertiary/aromatic N) is 2. The average molecular weight is 246 g/mol. The van der Waals surface area contributed by atoms with E-state index in [1.165, 1.54) is 5.56 Å². The lowest BCUT2D eigenvalue weighted by Crippen LogP contribution is -2.00. The molecule has 0 amide bonds. The molecule has 2 aromatic rings. The average Bonchev–Trinajstić information content (AvgIpc) is 2.93.